The van der Waals surface area contributed by atoms with E-state index < -0.39 is 10.0 Å². The minimum atomic E-state index is -3.67. The van der Waals surface area contributed by atoms with E-state index in [1.54, 1.807) is 17.0 Å². The number of nitrogens with zero attached hydrogens (tertiary/aromatic N) is 1. The quantitative estimate of drug-likeness (QED) is 0.739. The van der Waals surface area contributed by atoms with E-state index in [4.69, 9.17) is 11.6 Å². The molecular weight excluding hydrogens is 386 g/mol. The largest absolute Gasteiger partial charge is 0.380 e. The summed E-state index contributed by atoms with van der Waals surface area (Å²) < 4.78 is 26.9. The normalized spacial score (nSPS) is 17.1. The van der Waals surface area contributed by atoms with Gasteiger partial charge in [0.15, 0.2) is 0 Å². The highest BCUT2D eigenvalue weighted by molar-refractivity contribution is 7.89. The number of carbonyl (C=O) groups excluding carboxylic acids is 1. The zero-order valence-electron chi connectivity index (χ0n) is 14.8. The van der Waals surface area contributed by atoms with Crippen molar-refractivity contribution in [3.63, 3.8) is 0 Å². The van der Waals surface area contributed by atoms with Crippen LogP contribution in [0.3, 0.4) is 0 Å². The molecule has 0 aromatic heterocycles. The van der Waals surface area contributed by atoms with Crippen molar-refractivity contribution in [1.82, 2.24) is 9.62 Å². The standard InChI is InChI=1S/C19H22ClN3O3S/c20-15-5-4-8-18(13-15)27(25,26)21-11-9-19(24)23-12-10-17(14-23)22-16-6-2-1-3-7-16/h1-8,13,17,21-22H,9-12,14H2. The van der Waals surface area contributed by atoms with Gasteiger partial charge in [-0.15, -0.1) is 0 Å². The van der Waals surface area contributed by atoms with Crippen LogP contribution in [-0.2, 0) is 14.8 Å². The molecular formula is C19H22ClN3O3S. The summed E-state index contributed by atoms with van der Waals surface area (Å²) in [6, 6.07) is 16.1. The molecule has 144 valence electrons. The molecule has 6 nitrogen and oxygen atoms in total. The fourth-order valence-corrected chi connectivity index (χ4v) is 4.37. The number of halogens is 1. The van der Waals surface area contributed by atoms with Gasteiger partial charge in [-0.2, -0.15) is 0 Å². The molecule has 1 heterocycles. The molecule has 1 amide bonds. The lowest BCUT2D eigenvalue weighted by Gasteiger charge is -2.18. The lowest BCUT2D eigenvalue weighted by molar-refractivity contribution is -0.129. The fourth-order valence-electron chi connectivity index (χ4n) is 3.04. The molecule has 0 spiro atoms. The van der Waals surface area contributed by atoms with Crippen LogP contribution < -0.4 is 10.0 Å². The third kappa shape index (κ3) is 5.45. The Kier molecular flexibility index (Phi) is 6.36. The molecule has 1 aliphatic rings. The molecule has 1 atom stereocenters. The fraction of sp³-hybridized carbons (Fsp3) is 0.316. The summed E-state index contributed by atoms with van der Waals surface area (Å²) >= 11 is 5.83. The lowest BCUT2D eigenvalue weighted by atomic mass is 10.2. The molecule has 8 heteroatoms. The van der Waals surface area contributed by atoms with E-state index in [-0.39, 0.29) is 29.8 Å². The molecule has 0 radical (unpaired) electrons. The van der Waals surface area contributed by atoms with Crippen LogP contribution in [0.1, 0.15) is 12.8 Å². The van der Waals surface area contributed by atoms with Crippen LogP contribution in [0, 0.1) is 0 Å². The van der Waals surface area contributed by atoms with Gasteiger partial charge >= 0.3 is 0 Å². The van der Waals surface area contributed by atoms with Crippen LogP contribution in [0.2, 0.25) is 5.02 Å². The Hall–Kier alpha value is -2.09. The van der Waals surface area contributed by atoms with E-state index in [0.29, 0.717) is 18.1 Å². The molecule has 2 N–H and O–H groups in total. The number of hydrogen-bond acceptors (Lipinski definition) is 4. The Morgan fingerprint density at radius 2 is 1.93 bits per heavy atom. The summed E-state index contributed by atoms with van der Waals surface area (Å²) in [5.41, 5.74) is 1.03. The first-order valence-electron chi connectivity index (χ1n) is 8.79. The highest BCUT2D eigenvalue weighted by atomic mass is 35.5. The van der Waals surface area contributed by atoms with E-state index in [0.717, 1.165) is 12.1 Å². The van der Waals surface area contributed by atoms with E-state index in [1.807, 2.05) is 30.3 Å². The number of para-hydroxylation sites is 1. The Balaban J connectivity index is 1.46. The van der Waals surface area contributed by atoms with Crippen molar-refractivity contribution in [3.05, 3.63) is 59.6 Å². The SMILES string of the molecule is O=C(CCNS(=O)(=O)c1cccc(Cl)c1)N1CCC(Nc2ccccc2)C1. The van der Waals surface area contributed by atoms with Crippen LogP contribution in [0.15, 0.2) is 59.5 Å². The molecule has 3 rings (SSSR count). The molecule has 1 unspecified atom stereocenters. The molecule has 1 saturated heterocycles. The first-order valence-corrected chi connectivity index (χ1v) is 10.6. The van der Waals surface area contributed by atoms with E-state index in [9.17, 15) is 13.2 Å². The molecule has 27 heavy (non-hydrogen) atoms. The molecule has 0 aliphatic carbocycles. The second-order valence-corrected chi connectivity index (χ2v) is 8.64. The summed E-state index contributed by atoms with van der Waals surface area (Å²) in [4.78, 5) is 14.2. The third-order valence-corrected chi connectivity index (χ3v) is 6.12. The number of nitrogens with one attached hydrogen (secondary N) is 2. The van der Waals surface area contributed by atoms with Crippen molar-refractivity contribution in [1.29, 1.82) is 0 Å². The van der Waals surface area contributed by atoms with Gasteiger partial charge in [0.2, 0.25) is 15.9 Å². The molecule has 1 fully saturated rings. The second kappa shape index (κ2) is 8.73. The number of rotatable bonds is 7. The number of hydrogen-bond donors (Lipinski definition) is 2. The predicted octanol–water partition coefficient (Wildman–Crippen LogP) is 2.72. The van der Waals surface area contributed by atoms with Gasteiger partial charge < -0.3 is 10.2 Å². The number of carbonyl (C=O) groups is 1. The summed E-state index contributed by atoms with van der Waals surface area (Å²) in [6.07, 6.45) is 0.993. The molecule has 2 aromatic carbocycles. The average molecular weight is 408 g/mol. The van der Waals surface area contributed by atoms with Gasteiger partial charge in [0.25, 0.3) is 0 Å². The van der Waals surface area contributed by atoms with Crippen molar-refractivity contribution in [2.75, 3.05) is 25.0 Å². The van der Waals surface area contributed by atoms with Gasteiger partial charge in [-0.05, 0) is 36.8 Å². The summed E-state index contributed by atoms with van der Waals surface area (Å²) in [5, 5.41) is 3.76. The van der Waals surface area contributed by atoms with Crippen LogP contribution in [0.25, 0.3) is 0 Å². The number of sulfonamides is 1. The summed E-state index contributed by atoms with van der Waals surface area (Å²) in [5.74, 6) is -0.0545. The lowest BCUT2D eigenvalue weighted by Crippen LogP contribution is -2.34. The van der Waals surface area contributed by atoms with Crippen molar-refractivity contribution >= 4 is 33.2 Å². The zero-order chi connectivity index (χ0) is 19.3. The molecule has 1 aliphatic heterocycles. The van der Waals surface area contributed by atoms with Gasteiger partial charge in [-0.25, -0.2) is 13.1 Å². The van der Waals surface area contributed by atoms with Gasteiger partial charge in [0.05, 0.1) is 4.90 Å². The number of amides is 1. The van der Waals surface area contributed by atoms with Crippen molar-refractivity contribution < 1.29 is 13.2 Å². The number of benzene rings is 2. The van der Waals surface area contributed by atoms with Crippen LogP contribution >= 0.6 is 11.6 Å². The van der Waals surface area contributed by atoms with E-state index in [2.05, 4.69) is 10.0 Å². The minimum absolute atomic E-state index is 0.0545. The Morgan fingerprint density at radius 3 is 2.67 bits per heavy atom. The first-order chi connectivity index (χ1) is 12.9. The molecule has 2 aromatic rings. The Morgan fingerprint density at radius 1 is 1.15 bits per heavy atom. The van der Waals surface area contributed by atoms with E-state index in [1.165, 1.54) is 12.1 Å². The summed E-state index contributed by atoms with van der Waals surface area (Å²) in [7, 11) is -3.67. The Bertz CT molecular complexity index is 890. The van der Waals surface area contributed by atoms with Gasteiger partial charge in [-0.1, -0.05) is 35.9 Å². The second-order valence-electron chi connectivity index (χ2n) is 6.44. The monoisotopic (exact) mass is 407 g/mol. The molecule has 0 bridgehead atoms. The highest BCUT2D eigenvalue weighted by Crippen LogP contribution is 2.17. The average Bonchev–Trinajstić information content (AvgIpc) is 3.11. The summed E-state index contributed by atoms with van der Waals surface area (Å²) in [6.45, 7) is 1.35. The topological polar surface area (TPSA) is 78.5 Å². The maximum Gasteiger partial charge on any atom is 0.240 e. The van der Waals surface area contributed by atoms with Crippen LogP contribution in [0.5, 0.6) is 0 Å². The van der Waals surface area contributed by atoms with Crippen molar-refractivity contribution in [2.45, 2.75) is 23.8 Å². The molecule has 0 saturated carbocycles. The predicted molar refractivity (Wildman–Crippen MR) is 106 cm³/mol. The number of likely N-dealkylation sites (tertiary alicyclic amines) is 1. The van der Waals surface area contributed by atoms with Gasteiger partial charge in [-0.3, -0.25) is 4.79 Å². The van der Waals surface area contributed by atoms with Crippen LogP contribution in [0.4, 0.5) is 5.69 Å². The highest BCUT2D eigenvalue weighted by Gasteiger charge is 2.26. The van der Waals surface area contributed by atoms with Gasteiger partial charge in [0, 0.05) is 42.8 Å². The third-order valence-electron chi connectivity index (χ3n) is 4.42. The van der Waals surface area contributed by atoms with Crippen molar-refractivity contribution in [3.8, 4) is 0 Å². The maximum atomic E-state index is 12.4. The maximum absolute atomic E-state index is 12.4. The van der Waals surface area contributed by atoms with E-state index >= 15 is 0 Å². The number of anilines is 1. The van der Waals surface area contributed by atoms with Gasteiger partial charge in [0.1, 0.15) is 0 Å². The van der Waals surface area contributed by atoms with Crippen LogP contribution in [-0.4, -0.2) is 44.9 Å². The smallest absolute Gasteiger partial charge is 0.240 e. The first kappa shape index (κ1) is 19.7. The zero-order valence-corrected chi connectivity index (χ0v) is 16.3. The van der Waals surface area contributed by atoms with Crippen molar-refractivity contribution in [2.24, 2.45) is 0 Å². The minimum Gasteiger partial charge on any atom is -0.380 e. The Labute approximate surface area is 164 Å².